The first-order valence-electron chi connectivity index (χ1n) is 8.88. The quantitative estimate of drug-likeness (QED) is 0.535. The van der Waals surface area contributed by atoms with Crippen molar-refractivity contribution in [2.75, 3.05) is 26.3 Å². The summed E-state index contributed by atoms with van der Waals surface area (Å²) in [4.78, 5) is 7.18. The van der Waals surface area contributed by atoms with E-state index in [9.17, 15) is 0 Å². The Kier molecular flexibility index (Phi) is 3.84. The van der Waals surface area contributed by atoms with Gasteiger partial charge < -0.3 is 4.74 Å². The molecule has 0 amide bonds. The van der Waals surface area contributed by atoms with Crippen LogP contribution in [0.4, 0.5) is 0 Å². The Morgan fingerprint density at radius 3 is 2.23 bits per heavy atom. The Morgan fingerprint density at radius 2 is 1.54 bits per heavy atom. The minimum atomic E-state index is 0.780. The van der Waals surface area contributed by atoms with Gasteiger partial charge in [-0.25, -0.2) is 9.67 Å². The molecule has 6 nitrogen and oxygen atoms in total. The molecule has 6 heteroatoms. The van der Waals surface area contributed by atoms with Crippen molar-refractivity contribution in [2.45, 2.75) is 6.54 Å². The molecule has 1 aliphatic heterocycles. The largest absolute Gasteiger partial charge is 0.379 e. The molecule has 0 aliphatic carbocycles. The van der Waals surface area contributed by atoms with Crippen LogP contribution in [0, 0.1) is 0 Å². The van der Waals surface area contributed by atoms with Crippen molar-refractivity contribution in [3.63, 3.8) is 0 Å². The Bertz CT molecular complexity index is 1010. The topological polar surface area (TPSA) is 56.1 Å². The van der Waals surface area contributed by atoms with Gasteiger partial charge in [0.2, 0.25) is 0 Å². The predicted octanol–water partition coefficient (Wildman–Crippen LogP) is 2.80. The van der Waals surface area contributed by atoms with Gasteiger partial charge in [-0.3, -0.25) is 4.90 Å². The third kappa shape index (κ3) is 2.64. The zero-order valence-electron chi connectivity index (χ0n) is 14.4. The molecule has 0 radical (unpaired) electrons. The van der Waals surface area contributed by atoms with Crippen LogP contribution in [-0.4, -0.2) is 51.2 Å². The average Bonchev–Trinajstić information content (AvgIpc) is 3.14. The number of benzene rings is 2. The summed E-state index contributed by atoms with van der Waals surface area (Å²) < 4.78 is 7.44. The van der Waals surface area contributed by atoms with E-state index in [1.54, 1.807) is 0 Å². The molecule has 0 bridgehead atoms. The van der Waals surface area contributed by atoms with Crippen molar-refractivity contribution in [2.24, 2.45) is 0 Å². The third-order valence-electron chi connectivity index (χ3n) is 4.88. The van der Waals surface area contributed by atoms with E-state index in [0.29, 0.717) is 0 Å². The Labute approximate surface area is 151 Å². The average molecular weight is 345 g/mol. The number of hydrogen-bond acceptors (Lipinski definition) is 5. The standard InChI is InChI=1S/C20H19N5O/c1-3-7-18-16(5-1)20(17-6-2-4-8-19(17)22-18)25-15(13-21-23-25)14-24-9-11-26-12-10-24/h1-8,13H,9-12,14H2. The second-order valence-corrected chi connectivity index (χ2v) is 6.52. The van der Waals surface area contributed by atoms with Gasteiger partial charge in [0.05, 0.1) is 41.8 Å². The van der Waals surface area contributed by atoms with E-state index < -0.39 is 0 Å². The molecule has 4 aromatic rings. The van der Waals surface area contributed by atoms with E-state index in [4.69, 9.17) is 9.72 Å². The minimum absolute atomic E-state index is 0.780. The lowest BCUT2D eigenvalue weighted by atomic mass is 10.1. The minimum Gasteiger partial charge on any atom is -0.379 e. The van der Waals surface area contributed by atoms with E-state index in [0.717, 1.165) is 66.0 Å². The SMILES string of the molecule is c1ccc2c(-n3nncc3CN3CCOCC3)c3ccccc3nc2c1. The normalized spacial score (nSPS) is 15.7. The molecule has 0 unspecified atom stereocenters. The molecule has 130 valence electrons. The Hall–Kier alpha value is -2.83. The van der Waals surface area contributed by atoms with Crippen LogP contribution in [0.5, 0.6) is 0 Å². The van der Waals surface area contributed by atoms with Crippen molar-refractivity contribution < 1.29 is 4.74 Å². The van der Waals surface area contributed by atoms with Crippen molar-refractivity contribution >= 4 is 21.8 Å². The number of para-hydroxylation sites is 2. The molecule has 26 heavy (non-hydrogen) atoms. The van der Waals surface area contributed by atoms with E-state index in [2.05, 4.69) is 27.3 Å². The molecule has 0 N–H and O–H groups in total. The number of fused-ring (bicyclic) bond motifs is 2. The van der Waals surface area contributed by atoms with Gasteiger partial charge in [0.15, 0.2) is 0 Å². The number of aromatic nitrogens is 4. The van der Waals surface area contributed by atoms with Gasteiger partial charge in [0.1, 0.15) is 0 Å². The summed E-state index contributed by atoms with van der Waals surface area (Å²) in [5, 5.41) is 10.8. The summed E-state index contributed by atoms with van der Waals surface area (Å²) in [7, 11) is 0. The van der Waals surface area contributed by atoms with Crippen LogP contribution in [0.15, 0.2) is 54.7 Å². The maximum absolute atomic E-state index is 5.46. The summed E-state index contributed by atoms with van der Waals surface area (Å²) in [6.45, 7) is 4.23. The summed E-state index contributed by atoms with van der Waals surface area (Å²) >= 11 is 0. The van der Waals surface area contributed by atoms with Crippen LogP contribution in [0.1, 0.15) is 5.69 Å². The van der Waals surface area contributed by atoms with Gasteiger partial charge in [0.25, 0.3) is 0 Å². The molecule has 0 spiro atoms. The van der Waals surface area contributed by atoms with Crippen molar-refractivity contribution in [1.29, 1.82) is 0 Å². The maximum atomic E-state index is 5.46. The van der Waals surface area contributed by atoms with Crippen LogP contribution in [-0.2, 0) is 11.3 Å². The van der Waals surface area contributed by atoms with Crippen LogP contribution >= 0.6 is 0 Å². The number of hydrogen-bond donors (Lipinski definition) is 0. The summed E-state index contributed by atoms with van der Waals surface area (Å²) in [5.74, 6) is 0. The molecule has 2 aromatic heterocycles. The number of pyridine rings is 1. The van der Waals surface area contributed by atoms with Gasteiger partial charge in [-0.2, -0.15) is 0 Å². The molecule has 0 saturated carbocycles. The number of nitrogens with zero attached hydrogens (tertiary/aromatic N) is 5. The van der Waals surface area contributed by atoms with Crippen molar-refractivity contribution in [1.82, 2.24) is 24.9 Å². The zero-order valence-corrected chi connectivity index (χ0v) is 14.4. The summed E-state index contributed by atoms with van der Waals surface area (Å²) in [5.41, 5.74) is 4.06. The first-order chi connectivity index (χ1) is 12.9. The molecule has 5 rings (SSSR count). The molecule has 1 fully saturated rings. The Balaban J connectivity index is 1.70. The van der Waals surface area contributed by atoms with Crippen molar-refractivity contribution in [3.05, 3.63) is 60.4 Å². The highest BCUT2D eigenvalue weighted by atomic mass is 16.5. The lowest BCUT2D eigenvalue weighted by molar-refractivity contribution is 0.0333. The lowest BCUT2D eigenvalue weighted by Gasteiger charge is -2.26. The fraction of sp³-hybridized carbons (Fsp3) is 0.250. The molecule has 2 aromatic carbocycles. The highest BCUT2D eigenvalue weighted by molar-refractivity contribution is 6.03. The van der Waals surface area contributed by atoms with Gasteiger partial charge >= 0.3 is 0 Å². The second-order valence-electron chi connectivity index (χ2n) is 6.52. The molecule has 1 saturated heterocycles. The third-order valence-corrected chi connectivity index (χ3v) is 4.88. The molecular formula is C20H19N5O. The van der Waals surface area contributed by atoms with Gasteiger partial charge in [0, 0.05) is 30.4 Å². The molecule has 0 atom stereocenters. The molecule has 1 aliphatic rings. The number of morpholine rings is 1. The fourth-order valence-corrected chi connectivity index (χ4v) is 3.59. The number of ether oxygens (including phenoxy) is 1. The first kappa shape index (κ1) is 15.4. The first-order valence-corrected chi connectivity index (χ1v) is 8.88. The van der Waals surface area contributed by atoms with E-state index in [1.807, 2.05) is 47.3 Å². The van der Waals surface area contributed by atoms with E-state index in [1.165, 1.54) is 0 Å². The lowest BCUT2D eigenvalue weighted by Crippen LogP contribution is -2.36. The maximum Gasteiger partial charge on any atom is 0.0855 e. The monoisotopic (exact) mass is 345 g/mol. The highest BCUT2D eigenvalue weighted by Crippen LogP contribution is 2.29. The van der Waals surface area contributed by atoms with Crippen LogP contribution in [0.3, 0.4) is 0 Å². The van der Waals surface area contributed by atoms with Crippen LogP contribution in [0.2, 0.25) is 0 Å². The summed E-state index contributed by atoms with van der Waals surface area (Å²) in [6.07, 6.45) is 1.86. The molecular weight excluding hydrogens is 326 g/mol. The Morgan fingerprint density at radius 1 is 0.885 bits per heavy atom. The van der Waals surface area contributed by atoms with Gasteiger partial charge in [-0.1, -0.05) is 41.6 Å². The van der Waals surface area contributed by atoms with Gasteiger partial charge in [-0.15, -0.1) is 5.10 Å². The van der Waals surface area contributed by atoms with Crippen molar-refractivity contribution in [3.8, 4) is 5.69 Å². The van der Waals surface area contributed by atoms with Gasteiger partial charge in [-0.05, 0) is 12.1 Å². The highest BCUT2D eigenvalue weighted by Gasteiger charge is 2.18. The smallest absolute Gasteiger partial charge is 0.0855 e. The van der Waals surface area contributed by atoms with E-state index >= 15 is 0 Å². The second kappa shape index (κ2) is 6.48. The zero-order chi connectivity index (χ0) is 17.3. The fourth-order valence-electron chi connectivity index (χ4n) is 3.59. The van der Waals surface area contributed by atoms with E-state index in [-0.39, 0.29) is 0 Å². The van der Waals surface area contributed by atoms with Crippen LogP contribution in [0.25, 0.3) is 27.5 Å². The summed E-state index contributed by atoms with van der Waals surface area (Å²) in [6, 6.07) is 16.4. The molecule has 3 heterocycles. The number of rotatable bonds is 3. The van der Waals surface area contributed by atoms with Crippen LogP contribution < -0.4 is 0 Å². The predicted molar refractivity (Wildman–Crippen MR) is 100 cm³/mol.